The number of hydrogen-bond acceptors (Lipinski definition) is 3. The molecule has 0 saturated carbocycles. The van der Waals surface area contributed by atoms with Crippen LogP contribution in [0.25, 0.3) is 0 Å². The Labute approximate surface area is 202 Å². The maximum Gasteiger partial charge on any atom is 0.0696 e. The van der Waals surface area contributed by atoms with Crippen molar-refractivity contribution in [3.05, 3.63) is 130 Å². The largest absolute Gasteiger partial charge is 0.301 e. The first-order valence-corrected chi connectivity index (χ1v) is 12.9. The van der Waals surface area contributed by atoms with E-state index in [0.717, 1.165) is 39.1 Å². The van der Waals surface area contributed by atoms with Crippen molar-refractivity contribution in [1.82, 2.24) is 9.80 Å². The third-order valence-corrected chi connectivity index (χ3v) is 7.76. The Bertz CT molecular complexity index is 1030. The van der Waals surface area contributed by atoms with Crippen LogP contribution >= 0.6 is 11.3 Å². The molecule has 0 radical (unpaired) electrons. The van der Waals surface area contributed by atoms with Crippen LogP contribution in [0.2, 0.25) is 0 Å². The molecule has 3 heteroatoms. The van der Waals surface area contributed by atoms with Gasteiger partial charge in [-0.1, -0.05) is 97.1 Å². The highest BCUT2D eigenvalue weighted by Gasteiger charge is 2.27. The Balaban J connectivity index is 1.24. The van der Waals surface area contributed by atoms with E-state index in [1.165, 1.54) is 21.6 Å². The summed E-state index contributed by atoms with van der Waals surface area (Å²) in [6.07, 6.45) is 1.15. The molecule has 2 nitrogen and oxygen atoms in total. The predicted molar refractivity (Wildman–Crippen MR) is 140 cm³/mol. The SMILES string of the molecule is c1ccc(C(CCN2CCN(C(c3ccccc3)c3cccs3)CC2)c2ccccc2)cc1. The van der Waals surface area contributed by atoms with E-state index in [4.69, 9.17) is 0 Å². The van der Waals surface area contributed by atoms with Gasteiger partial charge in [0.25, 0.3) is 0 Å². The second kappa shape index (κ2) is 10.9. The molecule has 1 atom stereocenters. The first-order chi connectivity index (χ1) is 16.4. The third-order valence-electron chi connectivity index (χ3n) is 6.84. The van der Waals surface area contributed by atoms with Crippen molar-refractivity contribution in [2.24, 2.45) is 0 Å². The first kappa shape index (κ1) is 22.1. The summed E-state index contributed by atoms with van der Waals surface area (Å²) in [5.41, 5.74) is 4.25. The summed E-state index contributed by atoms with van der Waals surface area (Å²) in [5, 5.41) is 2.20. The molecule has 1 aliphatic rings. The van der Waals surface area contributed by atoms with Crippen LogP contribution in [-0.4, -0.2) is 42.5 Å². The number of hydrogen-bond donors (Lipinski definition) is 0. The van der Waals surface area contributed by atoms with Crippen LogP contribution in [0.1, 0.15) is 39.9 Å². The standard InChI is InChI=1S/C30H32N2S/c1-4-11-25(12-5-1)28(26-13-6-2-7-14-26)18-19-31-20-22-32(23-21-31)30(29-17-10-24-33-29)27-15-8-3-9-16-27/h1-17,24,28,30H,18-23H2. The van der Waals surface area contributed by atoms with E-state index in [2.05, 4.69) is 118 Å². The molecule has 1 saturated heterocycles. The van der Waals surface area contributed by atoms with Gasteiger partial charge in [-0.05, 0) is 41.1 Å². The van der Waals surface area contributed by atoms with Gasteiger partial charge in [-0.3, -0.25) is 4.90 Å². The molecule has 0 N–H and O–H groups in total. The predicted octanol–water partition coefficient (Wildman–Crippen LogP) is 6.68. The van der Waals surface area contributed by atoms with E-state index in [0.29, 0.717) is 12.0 Å². The molecule has 1 aliphatic heterocycles. The fraction of sp³-hybridized carbons (Fsp3) is 0.267. The van der Waals surface area contributed by atoms with Gasteiger partial charge in [-0.15, -0.1) is 11.3 Å². The summed E-state index contributed by atoms with van der Waals surface area (Å²) in [6.45, 7) is 5.62. The highest BCUT2D eigenvalue weighted by Crippen LogP contribution is 2.33. The molecule has 0 aliphatic carbocycles. The van der Waals surface area contributed by atoms with Crippen molar-refractivity contribution in [1.29, 1.82) is 0 Å². The Morgan fingerprint density at radius 3 is 1.67 bits per heavy atom. The van der Waals surface area contributed by atoms with E-state index < -0.39 is 0 Å². The highest BCUT2D eigenvalue weighted by molar-refractivity contribution is 7.10. The molecule has 1 aromatic heterocycles. The molecule has 0 bridgehead atoms. The van der Waals surface area contributed by atoms with Crippen LogP contribution in [0, 0.1) is 0 Å². The van der Waals surface area contributed by atoms with Crippen molar-refractivity contribution in [3.63, 3.8) is 0 Å². The van der Waals surface area contributed by atoms with Crippen molar-refractivity contribution >= 4 is 11.3 Å². The number of nitrogens with zero attached hydrogens (tertiary/aromatic N) is 2. The zero-order chi connectivity index (χ0) is 22.3. The second-order valence-electron chi connectivity index (χ2n) is 8.87. The average molecular weight is 453 g/mol. The van der Waals surface area contributed by atoms with Gasteiger partial charge in [0.2, 0.25) is 0 Å². The highest BCUT2D eigenvalue weighted by atomic mass is 32.1. The zero-order valence-electron chi connectivity index (χ0n) is 19.1. The molecule has 4 aromatic rings. The molecule has 1 unspecified atom stereocenters. The number of thiophene rings is 1. The Morgan fingerprint density at radius 1 is 0.606 bits per heavy atom. The summed E-state index contributed by atoms with van der Waals surface area (Å²) in [6, 6.07) is 37.8. The van der Waals surface area contributed by atoms with E-state index in [1.54, 1.807) is 0 Å². The van der Waals surface area contributed by atoms with Crippen LogP contribution in [0.4, 0.5) is 0 Å². The van der Waals surface area contributed by atoms with Crippen LogP contribution < -0.4 is 0 Å². The molecule has 33 heavy (non-hydrogen) atoms. The lowest BCUT2D eigenvalue weighted by Crippen LogP contribution is -2.48. The van der Waals surface area contributed by atoms with Crippen molar-refractivity contribution < 1.29 is 0 Å². The van der Waals surface area contributed by atoms with E-state index in [9.17, 15) is 0 Å². The van der Waals surface area contributed by atoms with Gasteiger partial charge in [0.1, 0.15) is 0 Å². The summed E-state index contributed by atoms with van der Waals surface area (Å²) in [4.78, 5) is 6.78. The van der Waals surface area contributed by atoms with Gasteiger partial charge in [-0.2, -0.15) is 0 Å². The minimum absolute atomic E-state index is 0.370. The number of piperazine rings is 1. The van der Waals surface area contributed by atoms with Gasteiger partial charge in [0.15, 0.2) is 0 Å². The summed E-state index contributed by atoms with van der Waals surface area (Å²) >= 11 is 1.87. The molecule has 5 rings (SSSR count). The smallest absolute Gasteiger partial charge is 0.0696 e. The molecule has 3 aromatic carbocycles. The normalized spacial score (nSPS) is 16.2. The molecular weight excluding hydrogens is 420 g/mol. The Kier molecular flexibility index (Phi) is 7.32. The minimum atomic E-state index is 0.370. The number of rotatable bonds is 8. The maximum atomic E-state index is 2.67. The van der Waals surface area contributed by atoms with Crippen LogP contribution in [-0.2, 0) is 0 Å². The lowest BCUT2D eigenvalue weighted by Gasteiger charge is -2.39. The Morgan fingerprint density at radius 2 is 1.15 bits per heavy atom. The van der Waals surface area contributed by atoms with Crippen LogP contribution in [0.5, 0.6) is 0 Å². The monoisotopic (exact) mass is 452 g/mol. The van der Waals surface area contributed by atoms with Gasteiger partial charge in [-0.25, -0.2) is 0 Å². The lowest BCUT2D eigenvalue weighted by molar-refractivity contribution is 0.109. The third kappa shape index (κ3) is 5.44. The molecule has 0 spiro atoms. The quantitative estimate of drug-likeness (QED) is 0.294. The summed E-state index contributed by atoms with van der Waals surface area (Å²) < 4.78 is 0. The fourth-order valence-corrected chi connectivity index (χ4v) is 5.98. The Hall–Kier alpha value is -2.72. The molecule has 0 amide bonds. The second-order valence-corrected chi connectivity index (χ2v) is 9.85. The van der Waals surface area contributed by atoms with Gasteiger partial charge >= 0.3 is 0 Å². The topological polar surface area (TPSA) is 6.48 Å². The molecule has 1 fully saturated rings. The number of benzene rings is 3. The fourth-order valence-electron chi connectivity index (χ4n) is 5.09. The van der Waals surface area contributed by atoms with Crippen LogP contribution in [0.3, 0.4) is 0 Å². The van der Waals surface area contributed by atoms with E-state index in [-0.39, 0.29) is 0 Å². The van der Waals surface area contributed by atoms with Gasteiger partial charge in [0, 0.05) is 37.0 Å². The van der Waals surface area contributed by atoms with Crippen molar-refractivity contribution in [2.45, 2.75) is 18.4 Å². The van der Waals surface area contributed by atoms with Crippen LogP contribution in [0.15, 0.2) is 109 Å². The van der Waals surface area contributed by atoms with E-state index >= 15 is 0 Å². The summed E-state index contributed by atoms with van der Waals surface area (Å²) in [7, 11) is 0. The van der Waals surface area contributed by atoms with Crippen molar-refractivity contribution in [3.8, 4) is 0 Å². The zero-order valence-corrected chi connectivity index (χ0v) is 19.9. The summed E-state index contributed by atoms with van der Waals surface area (Å²) in [5.74, 6) is 0.452. The van der Waals surface area contributed by atoms with E-state index in [1.807, 2.05) is 11.3 Å². The van der Waals surface area contributed by atoms with Gasteiger partial charge < -0.3 is 4.90 Å². The maximum absolute atomic E-state index is 2.67. The first-order valence-electron chi connectivity index (χ1n) is 12.0. The molecular formula is C30H32N2S. The molecule has 2 heterocycles. The van der Waals surface area contributed by atoms with Crippen molar-refractivity contribution in [2.75, 3.05) is 32.7 Å². The lowest BCUT2D eigenvalue weighted by atomic mass is 9.88. The average Bonchev–Trinajstić information content (AvgIpc) is 3.42. The molecule has 168 valence electrons. The van der Waals surface area contributed by atoms with Gasteiger partial charge in [0.05, 0.1) is 6.04 Å². The minimum Gasteiger partial charge on any atom is -0.301 e.